The predicted molar refractivity (Wildman–Crippen MR) is 46.4 cm³/mol. The number of benzene rings is 1. The van der Waals surface area contributed by atoms with Crippen molar-refractivity contribution in [3.05, 3.63) is 35.1 Å². The summed E-state index contributed by atoms with van der Waals surface area (Å²) in [6.45, 7) is 2.00. The van der Waals surface area contributed by atoms with Gasteiger partial charge >= 0.3 is 0 Å². The van der Waals surface area contributed by atoms with Crippen LogP contribution in [0.5, 0.6) is 0 Å². The molecule has 1 nitrogen and oxygen atoms in total. The molecule has 0 saturated carbocycles. The molecule has 64 valence electrons. The zero-order chi connectivity index (χ0) is 8.77. The first-order chi connectivity index (χ1) is 5.57. The van der Waals surface area contributed by atoms with Crippen molar-refractivity contribution in [2.45, 2.75) is 25.3 Å². The topological polar surface area (TPSA) is 26.0 Å². The summed E-state index contributed by atoms with van der Waals surface area (Å²) in [5, 5.41) is 0. The zero-order valence-electron chi connectivity index (χ0n) is 7.10. The Bertz CT molecular complexity index is 318. The highest BCUT2D eigenvalue weighted by atomic mass is 19.1. The van der Waals surface area contributed by atoms with Crippen LogP contribution >= 0.6 is 0 Å². The molecule has 0 saturated heterocycles. The molecular weight excluding hydrogens is 153 g/mol. The molecular formula is C10H12FN. The van der Waals surface area contributed by atoms with E-state index in [-0.39, 0.29) is 11.4 Å². The maximum Gasteiger partial charge on any atom is 0.123 e. The molecule has 1 unspecified atom stereocenters. The first-order valence-electron chi connectivity index (χ1n) is 4.13. The van der Waals surface area contributed by atoms with E-state index in [1.807, 2.05) is 13.0 Å². The maximum atomic E-state index is 12.8. The van der Waals surface area contributed by atoms with Gasteiger partial charge in [0.2, 0.25) is 0 Å². The van der Waals surface area contributed by atoms with Gasteiger partial charge in [0, 0.05) is 5.54 Å². The molecule has 0 bridgehead atoms. The van der Waals surface area contributed by atoms with Gasteiger partial charge in [-0.25, -0.2) is 4.39 Å². The van der Waals surface area contributed by atoms with Crippen molar-refractivity contribution >= 4 is 0 Å². The molecule has 0 amide bonds. The number of fused-ring (bicyclic) bond motifs is 1. The maximum absolute atomic E-state index is 12.8. The quantitative estimate of drug-likeness (QED) is 0.621. The van der Waals surface area contributed by atoms with Crippen molar-refractivity contribution in [2.24, 2.45) is 5.73 Å². The van der Waals surface area contributed by atoms with Gasteiger partial charge in [0.25, 0.3) is 0 Å². The van der Waals surface area contributed by atoms with E-state index in [9.17, 15) is 4.39 Å². The monoisotopic (exact) mass is 165 g/mol. The van der Waals surface area contributed by atoms with Crippen LogP contribution in [0.15, 0.2) is 18.2 Å². The molecule has 12 heavy (non-hydrogen) atoms. The van der Waals surface area contributed by atoms with Crippen LogP contribution in [0.3, 0.4) is 0 Å². The summed E-state index contributed by atoms with van der Waals surface area (Å²) >= 11 is 0. The van der Waals surface area contributed by atoms with Gasteiger partial charge in [-0.2, -0.15) is 0 Å². The first-order valence-corrected chi connectivity index (χ1v) is 4.13. The van der Waals surface area contributed by atoms with Crippen LogP contribution < -0.4 is 5.73 Å². The molecule has 2 heteroatoms. The number of rotatable bonds is 0. The van der Waals surface area contributed by atoms with Crippen LogP contribution in [0.25, 0.3) is 0 Å². The number of hydrogen-bond donors (Lipinski definition) is 1. The van der Waals surface area contributed by atoms with E-state index in [2.05, 4.69) is 0 Å². The Balaban J connectivity index is 2.43. The predicted octanol–water partition coefficient (Wildman–Crippen LogP) is 1.64. The smallest absolute Gasteiger partial charge is 0.123 e. The Morgan fingerprint density at radius 1 is 1.33 bits per heavy atom. The molecule has 2 N–H and O–H groups in total. The van der Waals surface area contributed by atoms with Crippen LogP contribution in [-0.4, -0.2) is 5.54 Å². The summed E-state index contributed by atoms with van der Waals surface area (Å²) < 4.78 is 12.8. The van der Waals surface area contributed by atoms with Crippen LogP contribution in [0.2, 0.25) is 0 Å². The van der Waals surface area contributed by atoms with E-state index in [4.69, 9.17) is 5.73 Å². The van der Waals surface area contributed by atoms with E-state index >= 15 is 0 Å². The Hall–Kier alpha value is -0.890. The summed E-state index contributed by atoms with van der Waals surface area (Å²) in [7, 11) is 0. The summed E-state index contributed by atoms with van der Waals surface area (Å²) in [4.78, 5) is 0. The molecule has 1 aromatic rings. The van der Waals surface area contributed by atoms with E-state index in [0.717, 1.165) is 18.4 Å². The molecule has 1 aliphatic rings. The number of nitrogens with two attached hydrogens (primary N) is 1. The van der Waals surface area contributed by atoms with Crippen molar-refractivity contribution in [1.82, 2.24) is 0 Å². The molecule has 2 rings (SSSR count). The standard InChI is InChI=1S/C10H12FN/c1-10(12)5-7-2-3-9(11)4-8(7)6-10/h2-4H,5-6,12H2,1H3. The van der Waals surface area contributed by atoms with Crippen molar-refractivity contribution < 1.29 is 4.39 Å². The summed E-state index contributed by atoms with van der Waals surface area (Å²) in [5.41, 5.74) is 8.05. The molecule has 1 atom stereocenters. The van der Waals surface area contributed by atoms with Crippen molar-refractivity contribution in [1.29, 1.82) is 0 Å². The summed E-state index contributed by atoms with van der Waals surface area (Å²) in [6, 6.07) is 4.93. The largest absolute Gasteiger partial charge is 0.325 e. The lowest BCUT2D eigenvalue weighted by molar-refractivity contribution is 0.498. The van der Waals surface area contributed by atoms with Crippen molar-refractivity contribution in [3.63, 3.8) is 0 Å². The van der Waals surface area contributed by atoms with Gasteiger partial charge in [-0.3, -0.25) is 0 Å². The van der Waals surface area contributed by atoms with Gasteiger partial charge in [0.15, 0.2) is 0 Å². The molecule has 0 fully saturated rings. The average Bonchev–Trinajstić information content (AvgIpc) is 2.21. The second kappa shape index (κ2) is 2.30. The van der Waals surface area contributed by atoms with E-state index in [0.29, 0.717) is 0 Å². The van der Waals surface area contributed by atoms with Crippen LogP contribution in [0, 0.1) is 5.82 Å². The molecule has 1 aromatic carbocycles. The Kier molecular flexibility index (Phi) is 1.48. The second-order valence-corrected chi connectivity index (χ2v) is 3.92. The molecule has 0 aliphatic heterocycles. The minimum atomic E-state index is -0.171. The highest BCUT2D eigenvalue weighted by Crippen LogP contribution is 2.28. The SMILES string of the molecule is CC1(N)Cc2ccc(F)cc2C1. The highest BCUT2D eigenvalue weighted by Gasteiger charge is 2.28. The summed E-state index contributed by atoms with van der Waals surface area (Å²) in [6.07, 6.45) is 1.66. The molecule has 0 radical (unpaired) electrons. The minimum Gasteiger partial charge on any atom is -0.325 e. The van der Waals surface area contributed by atoms with Crippen LogP contribution in [0.1, 0.15) is 18.1 Å². The highest BCUT2D eigenvalue weighted by molar-refractivity contribution is 5.35. The first kappa shape index (κ1) is 7.74. The summed E-state index contributed by atoms with van der Waals surface area (Å²) in [5.74, 6) is -0.161. The van der Waals surface area contributed by atoms with E-state index in [1.165, 1.54) is 11.6 Å². The normalized spacial score (nSPS) is 27.2. The number of halogens is 1. The average molecular weight is 165 g/mol. The fourth-order valence-corrected chi connectivity index (χ4v) is 1.86. The third-order valence-corrected chi connectivity index (χ3v) is 2.36. The van der Waals surface area contributed by atoms with Gasteiger partial charge in [0.05, 0.1) is 0 Å². The molecule has 1 aliphatic carbocycles. The third kappa shape index (κ3) is 1.23. The Labute approximate surface area is 71.4 Å². The van der Waals surface area contributed by atoms with Gasteiger partial charge in [-0.05, 0) is 43.0 Å². The zero-order valence-corrected chi connectivity index (χ0v) is 7.10. The lowest BCUT2D eigenvalue weighted by Gasteiger charge is -2.15. The Morgan fingerprint density at radius 2 is 2.00 bits per heavy atom. The van der Waals surface area contributed by atoms with Crippen molar-refractivity contribution in [3.8, 4) is 0 Å². The fourth-order valence-electron chi connectivity index (χ4n) is 1.86. The third-order valence-electron chi connectivity index (χ3n) is 2.36. The number of hydrogen-bond acceptors (Lipinski definition) is 1. The minimum absolute atomic E-state index is 0.161. The van der Waals surface area contributed by atoms with Gasteiger partial charge < -0.3 is 5.73 Å². The van der Waals surface area contributed by atoms with Crippen molar-refractivity contribution in [2.75, 3.05) is 0 Å². The fraction of sp³-hybridized carbons (Fsp3) is 0.400. The van der Waals surface area contributed by atoms with E-state index < -0.39 is 0 Å². The molecule has 0 heterocycles. The van der Waals surface area contributed by atoms with Crippen LogP contribution in [-0.2, 0) is 12.8 Å². The van der Waals surface area contributed by atoms with Gasteiger partial charge in [0.1, 0.15) is 5.82 Å². The molecule has 0 spiro atoms. The van der Waals surface area contributed by atoms with Gasteiger partial charge in [-0.15, -0.1) is 0 Å². The Morgan fingerprint density at radius 3 is 2.75 bits per heavy atom. The second-order valence-electron chi connectivity index (χ2n) is 3.92. The van der Waals surface area contributed by atoms with E-state index in [1.54, 1.807) is 6.07 Å². The van der Waals surface area contributed by atoms with Crippen LogP contribution in [0.4, 0.5) is 4.39 Å². The lowest BCUT2D eigenvalue weighted by atomic mass is 10.0. The molecule has 0 aromatic heterocycles. The van der Waals surface area contributed by atoms with Gasteiger partial charge in [-0.1, -0.05) is 6.07 Å². The lowest BCUT2D eigenvalue weighted by Crippen LogP contribution is -2.36.